The SMILES string of the molecule is CCc1ccc(-n2c(SCc3nc4cc(Cl)ccc4c(=O)[nH]3)nc3ccccc3c2=O)cc1. The van der Waals surface area contributed by atoms with Crippen LogP contribution in [0.25, 0.3) is 27.5 Å². The van der Waals surface area contributed by atoms with Gasteiger partial charge in [0, 0.05) is 5.02 Å². The molecule has 8 heteroatoms. The van der Waals surface area contributed by atoms with Crippen LogP contribution in [0.2, 0.25) is 5.02 Å². The first kappa shape index (κ1) is 21.4. The van der Waals surface area contributed by atoms with Gasteiger partial charge < -0.3 is 4.98 Å². The van der Waals surface area contributed by atoms with Crippen LogP contribution in [-0.2, 0) is 12.2 Å². The maximum Gasteiger partial charge on any atom is 0.266 e. The lowest BCUT2D eigenvalue weighted by molar-refractivity contribution is 0.817. The number of H-pyrrole nitrogens is 1. The van der Waals surface area contributed by atoms with Crippen LogP contribution in [0.1, 0.15) is 18.3 Å². The van der Waals surface area contributed by atoms with E-state index in [0.29, 0.717) is 43.6 Å². The predicted molar refractivity (Wildman–Crippen MR) is 134 cm³/mol. The van der Waals surface area contributed by atoms with Gasteiger partial charge in [-0.2, -0.15) is 0 Å². The number of aryl methyl sites for hydroxylation is 1. The molecule has 0 saturated carbocycles. The van der Waals surface area contributed by atoms with Crippen LogP contribution in [0.3, 0.4) is 0 Å². The van der Waals surface area contributed by atoms with Crippen molar-refractivity contribution in [1.29, 1.82) is 0 Å². The van der Waals surface area contributed by atoms with Gasteiger partial charge in [0.25, 0.3) is 11.1 Å². The second kappa shape index (κ2) is 8.84. The Kier molecular flexibility index (Phi) is 5.74. The molecule has 0 saturated heterocycles. The number of halogens is 1. The van der Waals surface area contributed by atoms with Crippen LogP contribution in [0.5, 0.6) is 0 Å². The van der Waals surface area contributed by atoms with E-state index in [2.05, 4.69) is 16.9 Å². The number of thioether (sulfide) groups is 1. The maximum atomic E-state index is 13.4. The molecule has 0 fully saturated rings. The van der Waals surface area contributed by atoms with Crippen molar-refractivity contribution >= 4 is 45.2 Å². The summed E-state index contributed by atoms with van der Waals surface area (Å²) in [5, 5.41) is 2.06. The summed E-state index contributed by atoms with van der Waals surface area (Å²) in [4.78, 5) is 38.0. The van der Waals surface area contributed by atoms with Crippen LogP contribution in [0, 0.1) is 0 Å². The van der Waals surface area contributed by atoms with Crippen molar-refractivity contribution < 1.29 is 0 Å². The molecule has 0 aliphatic heterocycles. The molecule has 5 aromatic rings. The fourth-order valence-electron chi connectivity index (χ4n) is 3.68. The number of hydrogen-bond acceptors (Lipinski definition) is 5. The first-order valence-corrected chi connectivity index (χ1v) is 11.8. The topological polar surface area (TPSA) is 80.6 Å². The van der Waals surface area contributed by atoms with Crippen LogP contribution in [0.15, 0.2) is 81.5 Å². The Balaban J connectivity index is 1.59. The molecule has 0 aliphatic rings. The number of rotatable bonds is 5. The van der Waals surface area contributed by atoms with Gasteiger partial charge in [0.15, 0.2) is 5.16 Å². The number of benzene rings is 3. The summed E-state index contributed by atoms with van der Waals surface area (Å²) in [5.41, 5.74) is 2.71. The van der Waals surface area contributed by atoms with Crippen molar-refractivity contribution in [2.45, 2.75) is 24.3 Å². The lowest BCUT2D eigenvalue weighted by Gasteiger charge is -2.13. The van der Waals surface area contributed by atoms with Crippen LogP contribution in [0.4, 0.5) is 0 Å². The van der Waals surface area contributed by atoms with E-state index < -0.39 is 0 Å². The summed E-state index contributed by atoms with van der Waals surface area (Å²) in [7, 11) is 0. The average Bonchev–Trinajstić information content (AvgIpc) is 2.83. The molecule has 0 spiro atoms. The van der Waals surface area contributed by atoms with Gasteiger partial charge in [-0.15, -0.1) is 0 Å². The Morgan fingerprint density at radius 3 is 2.52 bits per heavy atom. The predicted octanol–water partition coefficient (Wildman–Crippen LogP) is 5.13. The summed E-state index contributed by atoms with van der Waals surface area (Å²) < 4.78 is 1.61. The Morgan fingerprint density at radius 2 is 1.73 bits per heavy atom. The minimum atomic E-state index is -0.230. The molecule has 0 radical (unpaired) electrons. The van der Waals surface area contributed by atoms with Gasteiger partial charge in [-0.3, -0.25) is 14.2 Å². The quantitative estimate of drug-likeness (QED) is 0.282. The minimum absolute atomic E-state index is 0.140. The molecule has 1 N–H and O–H groups in total. The molecule has 33 heavy (non-hydrogen) atoms. The van der Waals surface area contributed by atoms with Crippen molar-refractivity contribution in [1.82, 2.24) is 19.5 Å². The van der Waals surface area contributed by atoms with E-state index >= 15 is 0 Å². The molecule has 2 aromatic heterocycles. The molecule has 5 rings (SSSR count). The highest BCUT2D eigenvalue weighted by Gasteiger charge is 2.14. The van der Waals surface area contributed by atoms with E-state index in [-0.39, 0.29) is 11.1 Å². The number of nitrogens with one attached hydrogen (secondary N) is 1. The Morgan fingerprint density at radius 1 is 0.939 bits per heavy atom. The summed E-state index contributed by atoms with van der Waals surface area (Å²) in [6, 6.07) is 20.2. The third-order valence-corrected chi connectivity index (χ3v) is 6.59. The monoisotopic (exact) mass is 474 g/mol. The highest BCUT2D eigenvalue weighted by atomic mass is 35.5. The van der Waals surface area contributed by atoms with Crippen LogP contribution in [-0.4, -0.2) is 19.5 Å². The fraction of sp³-hybridized carbons (Fsp3) is 0.120. The van der Waals surface area contributed by atoms with Crippen molar-refractivity contribution in [2.24, 2.45) is 0 Å². The highest BCUT2D eigenvalue weighted by molar-refractivity contribution is 7.98. The van der Waals surface area contributed by atoms with Gasteiger partial charge in [-0.05, 0) is 54.4 Å². The van der Waals surface area contributed by atoms with E-state index in [1.807, 2.05) is 42.5 Å². The largest absolute Gasteiger partial charge is 0.309 e. The third-order valence-electron chi connectivity index (χ3n) is 5.40. The maximum absolute atomic E-state index is 13.4. The molecule has 0 aliphatic carbocycles. The molecule has 2 heterocycles. The molecular weight excluding hydrogens is 456 g/mol. The molecule has 0 bridgehead atoms. The molecule has 3 aromatic carbocycles. The standard InChI is InChI=1S/C25H19ClN4O2S/c1-2-15-7-10-17(11-8-15)30-24(32)19-5-3-4-6-20(19)28-25(30)33-14-22-27-21-13-16(26)9-12-18(21)23(31)29-22/h3-13H,2,14H2,1H3,(H,27,29,31). The average molecular weight is 475 g/mol. The Hall–Kier alpha value is -3.42. The fourth-order valence-corrected chi connectivity index (χ4v) is 4.73. The highest BCUT2D eigenvalue weighted by Crippen LogP contribution is 2.24. The second-order valence-electron chi connectivity index (χ2n) is 7.53. The molecule has 0 amide bonds. The van der Waals surface area contributed by atoms with Crippen LogP contribution < -0.4 is 11.1 Å². The van der Waals surface area contributed by atoms with E-state index in [4.69, 9.17) is 16.6 Å². The summed E-state index contributed by atoms with van der Waals surface area (Å²) in [5.74, 6) is 0.810. The minimum Gasteiger partial charge on any atom is -0.309 e. The van der Waals surface area contributed by atoms with Crippen LogP contribution >= 0.6 is 23.4 Å². The van der Waals surface area contributed by atoms with Gasteiger partial charge in [0.2, 0.25) is 0 Å². The van der Waals surface area contributed by atoms with Crippen molar-refractivity contribution in [3.05, 3.63) is 104 Å². The van der Waals surface area contributed by atoms with Gasteiger partial charge in [0.05, 0.1) is 33.2 Å². The zero-order valence-corrected chi connectivity index (χ0v) is 19.3. The number of nitrogens with zero attached hydrogens (tertiary/aromatic N) is 3. The van der Waals surface area contributed by atoms with E-state index in [0.717, 1.165) is 12.1 Å². The zero-order valence-electron chi connectivity index (χ0n) is 17.7. The first-order chi connectivity index (χ1) is 16.0. The van der Waals surface area contributed by atoms with Crippen molar-refractivity contribution in [2.75, 3.05) is 0 Å². The van der Waals surface area contributed by atoms with Crippen molar-refractivity contribution in [3.63, 3.8) is 0 Å². The van der Waals surface area contributed by atoms with Gasteiger partial charge in [-0.1, -0.05) is 54.6 Å². The number of aromatic amines is 1. The Labute approximate surface area is 198 Å². The van der Waals surface area contributed by atoms with Gasteiger partial charge in [-0.25, -0.2) is 9.97 Å². The third kappa shape index (κ3) is 4.17. The van der Waals surface area contributed by atoms with E-state index in [1.54, 1.807) is 28.8 Å². The molecule has 0 atom stereocenters. The number of aromatic nitrogens is 4. The van der Waals surface area contributed by atoms with Gasteiger partial charge >= 0.3 is 0 Å². The normalized spacial score (nSPS) is 11.3. The summed E-state index contributed by atoms with van der Waals surface area (Å²) >= 11 is 7.42. The van der Waals surface area contributed by atoms with E-state index in [9.17, 15) is 9.59 Å². The smallest absolute Gasteiger partial charge is 0.266 e. The summed E-state index contributed by atoms with van der Waals surface area (Å²) in [6.07, 6.45) is 0.914. The summed E-state index contributed by atoms with van der Waals surface area (Å²) in [6.45, 7) is 2.09. The first-order valence-electron chi connectivity index (χ1n) is 10.5. The Bertz CT molecular complexity index is 1610. The lowest BCUT2D eigenvalue weighted by Crippen LogP contribution is -2.22. The molecular formula is C25H19ClN4O2S. The number of fused-ring (bicyclic) bond motifs is 2. The van der Waals surface area contributed by atoms with E-state index in [1.165, 1.54) is 17.3 Å². The molecule has 6 nitrogen and oxygen atoms in total. The van der Waals surface area contributed by atoms with Gasteiger partial charge in [0.1, 0.15) is 5.82 Å². The number of hydrogen-bond donors (Lipinski definition) is 1. The lowest BCUT2D eigenvalue weighted by atomic mass is 10.1. The number of para-hydroxylation sites is 1. The molecule has 164 valence electrons. The molecule has 0 unspecified atom stereocenters. The second-order valence-corrected chi connectivity index (χ2v) is 8.91. The van der Waals surface area contributed by atoms with Crippen molar-refractivity contribution in [3.8, 4) is 5.69 Å². The zero-order chi connectivity index (χ0) is 22.9.